The molecule has 5 N–H and O–H groups in total. The number of nitrogen functional groups attached to an aromatic ring is 1. The Balaban J connectivity index is 1.73. The summed E-state index contributed by atoms with van der Waals surface area (Å²) in [6.45, 7) is -0.00714. The second kappa shape index (κ2) is 5.98. The average molecular weight is 371 g/mol. The van der Waals surface area contributed by atoms with Crippen LogP contribution in [0.1, 0.15) is 0 Å². The molecule has 1 fully saturated rings. The maximum atomic E-state index is 9.70. The number of aromatic nitrogens is 1. The van der Waals surface area contributed by atoms with E-state index in [1.165, 1.54) is 0 Å². The normalized spacial score (nSPS) is 28.2. The predicted molar refractivity (Wildman–Crippen MR) is 82.2 cm³/mol. The molecule has 1 unspecified atom stereocenters. The maximum Gasteiger partial charge on any atom is 0.184 e. The number of ether oxygens (including phenoxy) is 2. The van der Waals surface area contributed by atoms with Gasteiger partial charge in [0.25, 0.3) is 0 Å². The third kappa shape index (κ3) is 2.88. The van der Waals surface area contributed by atoms with Crippen LogP contribution in [-0.2, 0) is 4.74 Å². The zero-order valence-electron chi connectivity index (χ0n) is 11.4. The Bertz CT molecular complexity index is 698. The molecule has 0 bridgehead atoms. The van der Waals surface area contributed by atoms with E-state index in [9.17, 15) is 15.3 Å². The largest absolute Gasteiger partial charge is 0.491 e. The fourth-order valence-electron chi connectivity index (χ4n) is 2.27. The van der Waals surface area contributed by atoms with E-state index in [1.54, 1.807) is 12.1 Å². The van der Waals surface area contributed by atoms with Gasteiger partial charge in [0.2, 0.25) is 0 Å². The number of nitrogens with zero attached hydrogens (tertiary/aromatic N) is 1. The van der Waals surface area contributed by atoms with Crippen LogP contribution in [0, 0.1) is 0 Å². The lowest BCUT2D eigenvalue weighted by atomic mass is 10.1. The van der Waals surface area contributed by atoms with Crippen molar-refractivity contribution in [3.8, 4) is 5.75 Å². The summed E-state index contributed by atoms with van der Waals surface area (Å²) in [5, 5.41) is 29.3. The number of benzene rings is 1. The van der Waals surface area contributed by atoms with Crippen molar-refractivity contribution in [3.05, 3.63) is 28.7 Å². The molecule has 0 aliphatic carbocycles. The molecule has 1 aromatic heterocycles. The Kier molecular flexibility index (Phi) is 4.20. The van der Waals surface area contributed by atoms with Crippen LogP contribution in [0.3, 0.4) is 0 Å². The first kappa shape index (κ1) is 15.4. The molecule has 1 saturated heterocycles. The molecule has 22 heavy (non-hydrogen) atoms. The Morgan fingerprint density at radius 2 is 2.00 bits per heavy atom. The molecule has 8 heteroatoms. The van der Waals surface area contributed by atoms with Gasteiger partial charge in [-0.3, -0.25) is 0 Å². The number of nitrogens with two attached hydrogens (primary N) is 1. The number of pyridine rings is 1. The highest BCUT2D eigenvalue weighted by atomic mass is 79.9. The standard InChI is InChI=1S/C14H15BrN2O5/c15-8-3-6-1-2-7(4-9(6)17-13(8)16)21-5-10-11(18)12(19)14(20)22-10/h1-4,10-12,14,18-20H,5H2,(H2,16,17)/t10-,11-,12-,14?/m1/s1. The topological polar surface area (TPSA) is 118 Å². The first-order valence-electron chi connectivity index (χ1n) is 6.64. The molecule has 2 heterocycles. The minimum Gasteiger partial charge on any atom is -0.491 e. The third-order valence-corrected chi connectivity index (χ3v) is 4.16. The smallest absolute Gasteiger partial charge is 0.184 e. The van der Waals surface area contributed by atoms with Crippen molar-refractivity contribution in [2.24, 2.45) is 0 Å². The summed E-state index contributed by atoms with van der Waals surface area (Å²) in [6, 6.07) is 7.16. The van der Waals surface area contributed by atoms with Gasteiger partial charge in [0, 0.05) is 11.5 Å². The maximum absolute atomic E-state index is 9.70. The van der Waals surface area contributed by atoms with Gasteiger partial charge in [-0.1, -0.05) is 0 Å². The molecule has 1 aliphatic heterocycles. The summed E-state index contributed by atoms with van der Waals surface area (Å²) in [6.07, 6.45) is -4.73. The summed E-state index contributed by atoms with van der Waals surface area (Å²) in [5.74, 6) is 0.902. The van der Waals surface area contributed by atoms with E-state index in [-0.39, 0.29) is 6.61 Å². The van der Waals surface area contributed by atoms with Crippen molar-refractivity contribution in [2.45, 2.75) is 24.6 Å². The summed E-state index contributed by atoms with van der Waals surface area (Å²) >= 11 is 3.32. The Hall–Kier alpha value is -1.45. The van der Waals surface area contributed by atoms with E-state index in [2.05, 4.69) is 20.9 Å². The Labute approximate surface area is 134 Å². The highest BCUT2D eigenvalue weighted by Gasteiger charge is 2.42. The van der Waals surface area contributed by atoms with Crippen LogP contribution >= 0.6 is 15.9 Å². The number of hydrogen-bond acceptors (Lipinski definition) is 7. The average Bonchev–Trinajstić information content (AvgIpc) is 2.73. The Morgan fingerprint density at radius 1 is 1.23 bits per heavy atom. The number of aliphatic hydroxyl groups excluding tert-OH is 3. The van der Waals surface area contributed by atoms with E-state index in [0.717, 1.165) is 9.86 Å². The molecule has 0 saturated carbocycles. The minimum atomic E-state index is -1.40. The van der Waals surface area contributed by atoms with Gasteiger partial charge in [-0.15, -0.1) is 0 Å². The van der Waals surface area contributed by atoms with Crippen molar-refractivity contribution >= 4 is 32.7 Å². The zero-order chi connectivity index (χ0) is 15.9. The van der Waals surface area contributed by atoms with Crippen molar-refractivity contribution in [3.63, 3.8) is 0 Å². The van der Waals surface area contributed by atoms with Gasteiger partial charge in [0.1, 0.15) is 36.5 Å². The van der Waals surface area contributed by atoms with Crippen LogP contribution < -0.4 is 10.5 Å². The molecule has 0 spiro atoms. The van der Waals surface area contributed by atoms with Crippen molar-refractivity contribution < 1.29 is 24.8 Å². The van der Waals surface area contributed by atoms with Gasteiger partial charge in [-0.05, 0) is 34.1 Å². The summed E-state index contributed by atoms with van der Waals surface area (Å²) in [5.41, 5.74) is 6.42. The highest BCUT2D eigenvalue weighted by molar-refractivity contribution is 9.10. The molecule has 1 aliphatic rings. The van der Waals surface area contributed by atoms with Crippen LogP contribution in [-0.4, -0.2) is 51.5 Å². The third-order valence-electron chi connectivity index (χ3n) is 3.52. The summed E-state index contributed by atoms with van der Waals surface area (Å²) in [4.78, 5) is 4.24. The fraction of sp³-hybridized carbons (Fsp3) is 0.357. The molecule has 7 nitrogen and oxygen atoms in total. The van der Waals surface area contributed by atoms with Crippen LogP contribution in [0.2, 0.25) is 0 Å². The molecule has 0 amide bonds. The number of hydrogen-bond donors (Lipinski definition) is 4. The molecular weight excluding hydrogens is 356 g/mol. The summed E-state index contributed by atoms with van der Waals surface area (Å²) in [7, 11) is 0. The van der Waals surface area contributed by atoms with Gasteiger partial charge >= 0.3 is 0 Å². The fourth-order valence-corrected chi connectivity index (χ4v) is 2.61. The van der Waals surface area contributed by atoms with Crippen LogP contribution in [0.5, 0.6) is 5.75 Å². The van der Waals surface area contributed by atoms with Gasteiger partial charge < -0.3 is 30.5 Å². The molecule has 118 valence electrons. The van der Waals surface area contributed by atoms with E-state index < -0.39 is 24.6 Å². The molecule has 2 aromatic rings. The van der Waals surface area contributed by atoms with E-state index in [1.807, 2.05) is 12.1 Å². The highest BCUT2D eigenvalue weighted by Crippen LogP contribution is 2.27. The van der Waals surface area contributed by atoms with Gasteiger partial charge in [-0.25, -0.2) is 4.98 Å². The van der Waals surface area contributed by atoms with Crippen molar-refractivity contribution in [2.75, 3.05) is 12.3 Å². The molecular formula is C14H15BrN2O5. The first-order chi connectivity index (χ1) is 10.5. The lowest BCUT2D eigenvalue weighted by molar-refractivity contribution is -0.131. The van der Waals surface area contributed by atoms with Gasteiger partial charge in [-0.2, -0.15) is 0 Å². The lowest BCUT2D eigenvalue weighted by Gasteiger charge is -2.15. The SMILES string of the molecule is Nc1nc2cc(OC[C@H]3OC(O)[C@H](O)[C@@H]3O)ccc2cc1Br. The van der Waals surface area contributed by atoms with Crippen LogP contribution in [0.25, 0.3) is 10.9 Å². The van der Waals surface area contributed by atoms with Crippen LogP contribution in [0.15, 0.2) is 28.7 Å². The second-order valence-electron chi connectivity index (χ2n) is 5.07. The number of aliphatic hydroxyl groups is 3. The summed E-state index contributed by atoms with van der Waals surface area (Å²) < 4.78 is 11.3. The second-order valence-corrected chi connectivity index (χ2v) is 5.92. The molecule has 3 rings (SSSR count). The first-order valence-corrected chi connectivity index (χ1v) is 7.43. The molecule has 4 atom stereocenters. The zero-order valence-corrected chi connectivity index (χ0v) is 13.0. The molecule has 1 aromatic carbocycles. The monoisotopic (exact) mass is 370 g/mol. The van der Waals surface area contributed by atoms with Gasteiger partial charge in [0.05, 0.1) is 9.99 Å². The lowest BCUT2D eigenvalue weighted by Crippen LogP contribution is -2.35. The quantitative estimate of drug-likeness (QED) is 0.617. The van der Waals surface area contributed by atoms with Gasteiger partial charge in [0.15, 0.2) is 6.29 Å². The van der Waals surface area contributed by atoms with Crippen LogP contribution in [0.4, 0.5) is 5.82 Å². The number of halogens is 1. The van der Waals surface area contributed by atoms with Crippen molar-refractivity contribution in [1.29, 1.82) is 0 Å². The van der Waals surface area contributed by atoms with E-state index in [4.69, 9.17) is 15.2 Å². The number of anilines is 1. The van der Waals surface area contributed by atoms with Crippen molar-refractivity contribution in [1.82, 2.24) is 4.98 Å². The predicted octanol–water partition coefficient (Wildman–Crippen LogP) is 0.397. The number of fused-ring (bicyclic) bond motifs is 1. The number of rotatable bonds is 3. The minimum absolute atomic E-state index is 0.00714. The van der Waals surface area contributed by atoms with E-state index >= 15 is 0 Å². The molecule has 0 radical (unpaired) electrons. The Morgan fingerprint density at radius 3 is 2.68 bits per heavy atom. The van der Waals surface area contributed by atoms with E-state index in [0.29, 0.717) is 17.1 Å².